The molecule has 1 aliphatic rings. The van der Waals surface area contributed by atoms with Crippen molar-refractivity contribution in [1.82, 2.24) is 14.7 Å². The van der Waals surface area contributed by atoms with Crippen molar-refractivity contribution in [3.05, 3.63) is 66.0 Å². The lowest BCUT2D eigenvalue weighted by molar-refractivity contribution is 0.0926. The van der Waals surface area contributed by atoms with Gasteiger partial charge >= 0.3 is 0 Å². The molecule has 1 saturated carbocycles. The number of hydrogen-bond donors (Lipinski definition) is 2. The zero-order chi connectivity index (χ0) is 19.5. The second-order valence-electron chi connectivity index (χ2n) is 7.45. The maximum atomic E-state index is 13.6. The highest BCUT2D eigenvalue weighted by Crippen LogP contribution is 2.25. The number of halogens is 1. The number of aromatic nitrogens is 2. The van der Waals surface area contributed by atoms with Gasteiger partial charge in [-0.05, 0) is 56.9 Å². The minimum absolute atomic E-state index is 0.00642. The second-order valence-corrected chi connectivity index (χ2v) is 7.45. The van der Waals surface area contributed by atoms with E-state index in [-0.39, 0.29) is 11.9 Å². The Morgan fingerprint density at radius 1 is 1.07 bits per heavy atom. The lowest BCUT2D eigenvalue weighted by Gasteiger charge is -2.30. The number of imidazole rings is 1. The Kier molecular flexibility index (Phi) is 5.28. The molecule has 2 N–H and O–H groups in total. The molecule has 0 saturated heterocycles. The van der Waals surface area contributed by atoms with Crippen molar-refractivity contribution in [3.63, 3.8) is 0 Å². The number of pyridine rings is 1. The quantitative estimate of drug-likeness (QED) is 0.684. The summed E-state index contributed by atoms with van der Waals surface area (Å²) in [5, 5.41) is 6.71. The first kappa shape index (κ1) is 18.5. The van der Waals surface area contributed by atoms with Crippen molar-refractivity contribution < 1.29 is 9.18 Å². The predicted octanol–water partition coefficient (Wildman–Crippen LogP) is 4.52. The van der Waals surface area contributed by atoms with Crippen molar-refractivity contribution >= 4 is 17.4 Å². The highest BCUT2D eigenvalue weighted by Gasteiger charge is 2.23. The highest BCUT2D eigenvalue weighted by molar-refractivity contribution is 5.94. The Labute approximate surface area is 164 Å². The minimum atomic E-state index is -1.09. The van der Waals surface area contributed by atoms with Crippen molar-refractivity contribution in [2.24, 2.45) is 0 Å². The Morgan fingerprint density at radius 3 is 2.50 bits per heavy atom. The van der Waals surface area contributed by atoms with E-state index in [9.17, 15) is 9.18 Å². The Bertz CT molecular complexity index is 946. The summed E-state index contributed by atoms with van der Waals surface area (Å²) in [6.45, 7) is 1.50. The van der Waals surface area contributed by atoms with Crippen molar-refractivity contribution in [2.75, 3.05) is 5.32 Å². The summed E-state index contributed by atoms with van der Waals surface area (Å²) in [6, 6.07) is 15.7. The molecule has 4 rings (SSSR count). The summed E-state index contributed by atoms with van der Waals surface area (Å²) in [7, 11) is 0. The van der Waals surface area contributed by atoms with Gasteiger partial charge in [0.05, 0.1) is 5.69 Å². The first-order valence-corrected chi connectivity index (χ1v) is 9.84. The highest BCUT2D eigenvalue weighted by atomic mass is 19.1. The van der Waals surface area contributed by atoms with E-state index in [0.29, 0.717) is 17.3 Å². The first-order chi connectivity index (χ1) is 13.6. The Hall–Kier alpha value is -2.89. The van der Waals surface area contributed by atoms with Gasteiger partial charge in [-0.3, -0.25) is 9.20 Å². The molecular formula is C22H25FN4O. The summed E-state index contributed by atoms with van der Waals surface area (Å²) >= 11 is 0. The molecule has 1 unspecified atom stereocenters. The van der Waals surface area contributed by atoms with E-state index < -0.39 is 6.17 Å². The number of amides is 1. The van der Waals surface area contributed by atoms with Crippen LogP contribution in [0.1, 0.15) is 54.8 Å². The molecule has 0 aliphatic heterocycles. The molecule has 28 heavy (non-hydrogen) atoms. The third kappa shape index (κ3) is 4.01. The van der Waals surface area contributed by atoms with Gasteiger partial charge < -0.3 is 10.6 Å². The molecule has 3 aromatic rings. The Morgan fingerprint density at radius 2 is 1.79 bits per heavy atom. The van der Waals surface area contributed by atoms with Gasteiger partial charge in [-0.25, -0.2) is 9.37 Å². The molecule has 1 atom stereocenters. The fraction of sp³-hybridized carbons (Fsp3) is 0.364. The zero-order valence-corrected chi connectivity index (χ0v) is 15.9. The van der Waals surface area contributed by atoms with Crippen LogP contribution in [0, 0.1) is 0 Å². The van der Waals surface area contributed by atoms with Gasteiger partial charge in [-0.1, -0.05) is 24.3 Å². The summed E-state index contributed by atoms with van der Waals surface area (Å²) in [4.78, 5) is 16.7. The van der Waals surface area contributed by atoms with Crippen LogP contribution in [0.4, 0.5) is 10.2 Å². The van der Waals surface area contributed by atoms with Gasteiger partial charge in [0.2, 0.25) is 0 Å². The largest absolute Gasteiger partial charge is 0.368 e. The van der Waals surface area contributed by atoms with E-state index in [2.05, 4.69) is 15.6 Å². The monoisotopic (exact) mass is 380 g/mol. The molecule has 146 valence electrons. The predicted molar refractivity (Wildman–Crippen MR) is 108 cm³/mol. The number of anilines is 1. The molecule has 1 aliphatic carbocycles. The van der Waals surface area contributed by atoms with Crippen LogP contribution < -0.4 is 10.6 Å². The van der Waals surface area contributed by atoms with Gasteiger partial charge in [-0.2, -0.15) is 0 Å². The normalized spacial score (nSPS) is 20.6. The van der Waals surface area contributed by atoms with Gasteiger partial charge in [-0.15, -0.1) is 0 Å². The van der Waals surface area contributed by atoms with Gasteiger partial charge in [0.1, 0.15) is 17.6 Å². The van der Waals surface area contributed by atoms with E-state index in [1.165, 1.54) is 6.92 Å². The molecular weight excluding hydrogens is 355 g/mol. The molecule has 2 heterocycles. The number of carbonyl (C=O) groups excluding carboxylic acids is 1. The number of rotatable bonds is 5. The fourth-order valence-electron chi connectivity index (χ4n) is 3.79. The van der Waals surface area contributed by atoms with Gasteiger partial charge in [0, 0.05) is 23.8 Å². The van der Waals surface area contributed by atoms with Crippen LogP contribution in [-0.2, 0) is 0 Å². The third-order valence-electron chi connectivity index (χ3n) is 5.37. The maximum Gasteiger partial charge on any atom is 0.251 e. The maximum absolute atomic E-state index is 13.6. The number of alkyl halides is 1. The van der Waals surface area contributed by atoms with Gasteiger partial charge in [0.15, 0.2) is 0 Å². The second kappa shape index (κ2) is 8.00. The van der Waals surface area contributed by atoms with E-state index in [1.807, 2.05) is 52.9 Å². The van der Waals surface area contributed by atoms with Crippen molar-refractivity contribution in [3.8, 4) is 0 Å². The molecule has 6 heteroatoms. The van der Waals surface area contributed by atoms with Crippen LogP contribution in [0.5, 0.6) is 0 Å². The lowest BCUT2D eigenvalue weighted by atomic mass is 9.91. The molecule has 1 aromatic carbocycles. The van der Waals surface area contributed by atoms with Gasteiger partial charge in [0.25, 0.3) is 5.91 Å². The summed E-state index contributed by atoms with van der Waals surface area (Å²) < 4.78 is 15.5. The minimum Gasteiger partial charge on any atom is -0.368 e. The molecule has 0 radical (unpaired) electrons. The SMILES string of the molecule is CC(F)c1cn2c(NC3CCC(NC(=O)c4ccccc4)CC3)cccc2n1. The van der Waals surface area contributed by atoms with Crippen LogP contribution in [0.15, 0.2) is 54.7 Å². The average molecular weight is 380 g/mol. The number of nitrogens with one attached hydrogen (secondary N) is 2. The van der Waals surface area contributed by atoms with Crippen LogP contribution in [0.2, 0.25) is 0 Å². The van der Waals surface area contributed by atoms with E-state index in [0.717, 1.165) is 37.1 Å². The van der Waals surface area contributed by atoms with Crippen molar-refractivity contribution in [2.45, 2.75) is 50.9 Å². The van der Waals surface area contributed by atoms with Crippen LogP contribution in [0.3, 0.4) is 0 Å². The fourth-order valence-corrected chi connectivity index (χ4v) is 3.79. The number of nitrogens with zero attached hydrogens (tertiary/aromatic N) is 2. The van der Waals surface area contributed by atoms with E-state index in [4.69, 9.17) is 0 Å². The molecule has 1 fully saturated rings. The van der Waals surface area contributed by atoms with Crippen LogP contribution in [0.25, 0.3) is 5.65 Å². The molecule has 5 nitrogen and oxygen atoms in total. The first-order valence-electron chi connectivity index (χ1n) is 9.84. The molecule has 0 spiro atoms. The summed E-state index contributed by atoms with van der Waals surface area (Å²) in [5.74, 6) is 0.918. The zero-order valence-electron chi connectivity index (χ0n) is 15.9. The standard InChI is InChI=1S/C22H25FN4O/c1-15(23)19-14-27-20(8-5-9-21(27)26-19)24-17-10-12-18(13-11-17)25-22(28)16-6-3-2-4-7-16/h2-9,14-15,17-18,24H,10-13H2,1H3,(H,25,28). The Balaban J connectivity index is 1.36. The third-order valence-corrected chi connectivity index (χ3v) is 5.37. The number of benzene rings is 1. The number of fused-ring (bicyclic) bond motifs is 1. The average Bonchev–Trinajstić information content (AvgIpc) is 3.16. The van der Waals surface area contributed by atoms with E-state index in [1.54, 1.807) is 6.20 Å². The van der Waals surface area contributed by atoms with Crippen LogP contribution >= 0.6 is 0 Å². The van der Waals surface area contributed by atoms with E-state index >= 15 is 0 Å². The molecule has 1 amide bonds. The van der Waals surface area contributed by atoms with Crippen molar-refractivity contribution in [1.29, 1.82) is 0 Å². The molecule has 2 aromatic heterocycles. The smallest absolute Gasteiger partial charge is 0.251 e. The topological polar surface area (TPSA) is 58.4 Å². The van der Waals surface area contributed by atoms with Crippen LogP contribution in [-0.4, -0.2) is 27.4 Å². The number of hydrogen-bond acceptors (Lipinski definition) is 3. The number of carbonyl (C=O) groups is 1. The summed E-state index contributed by atoms with van der Waals surface area (Å²) in [5.41, 5.74) is 1.89. The summed E-state index contributed by atoms with van der Waals surface area (Å²) in [6.07, 6.45) is 4.48. The molecule has 0 bridgehead atoms. The lowest BCUT2D eigenvalue weighted by Crippen LogP contribution is -2.40.